The van der Waals surface area contributed by atoms with Crippen molar-refractivity contribution < 1.29 is 4.74 Å². The van der Waals surface area contributed by atoms with Gasteiger partial charge in [0.1, 0.15) is 5.75 Å². The standard InChI is InChI=1S/C21H16ClN3OS2/c1-14-13-27-21(24-14)25-20-18(26-15-7-3-2-4-8-15)11-16(12-23-20)28-19-10-6-5-9-17(19)22/h2-13H,1H3,(H,23,24,25). The first kappa shape index (κ1) is 18.8. The summed E-state index contributed by atoms with van der Waals surface area (Å²) in [6, 6.07) is 19.3. The van der Waals surface area contributed by atoms with Gasteiger partial charge in [0.25, 0.3) is 0 Å². The Morgan fingerprint density at radius 1 is 1.07 bits per heavy atom. The minimum Gasteiger partial charge on any atom is -0.453 e. The van der Waals surface area contributed by atoms with E-state index in [1.54, 1.807) is 18.0 Å². The summed E-state index contributed by atoms with van der Waals surface area (Å²) in [4.78, 5) is 10.9. The molecule has 0 aliphatic heterocycles. The Kier molecular flexibility index (Phi) is 5.81. The molecule has 0 spiro atoms. The van der Waals surface area contributed by atoms with E-state index in [1.807, 2.05) is 73.0 Å². The van der Waals surface area contributed by atoms with E-state index in [-0.39, 0.29) is 0 Å². The lowest BCUT2D eigenvalue weighted by atomic mass is 10.3. The van der Waals surface area contributed by atoms with Crippen LogP contribution in [0.4, 0.5) is 10.9 Å². The van der Waals surface area contributed by atoms with Crippen LogP contribution in [0, 0.1) is 6.92 Å². The fourth-order valence-corrected chi connectivity index (χ4v) is 4.21. The Bertz CT molecular complexity index is 1090. The molecule has 140 valence electrons. The van der Waals surface area contributed by atoms with Gasteiger partial charge in [-0.2, -0.15) is 0 Å². The van der Waals surface area contributed by atoms with E-state index in [0.717, 1.165) is 26.4 Å². The van der Waals surface area contributed by atoms with Crippen LogP contribution in [0.1, 0.15) is 5.69 Å². The van der Waals surface area contributed by atoms with Crippen molar-refractivity contribution in [2.45, 2.75) is 16.7 Å². The molecule has 4 nitrogen and oxygen atoms in total. The Labute approximate surface area is 176 Å². The van der Waals surface area contributed by atoms with E-state index < -0.39 is 0 Å². The summed E-state index contributed by atoms with van der Waals surface area (Å²) >= 11 is 9.36. The maximum Gasteiger partial charge on any atom is 0.188 e. The van der Waals surface area contributed by atoms with Gasteiger partial charge in [-0.3, -0.25) is 0 Å². The van der Waals surface area contributed by atoms with Gasteiger partial charge in [-0.1, -0.05) is 53.7 Å². The van der Waals surface area contributed by atoms with Gasteiger partial charge in [0, 0.05) is 27.4 Å². The van der Waals surface area contributed by atoms with Crippen molar-refractivity contribution in [3.05, 3.63) is 83.0 Å². The molecule has 2 aromatic heterocycles. The number of aryl methyl sites for hydroxylation is 1. The van der Waals surface area contributed by atoms with Crippen molar-refractivity contribution >= 4 is 45.6 Å². The van der Waals surface area contributed by atoms with Crippen LogP contribution in [0.25, 0.3) is 0 Å². The fourth-order valence-electron chi connectivity index (χ4n) is 2.44. The SMILES string of the molecule is Cc1csc(Nc2ncc(Sc3ccccc3Cl)cc2Oc2ccccc2)n1. The third-order valence-corrected chi connectivity index (χ3v) is 6.06. The van der Waals surface area contributed by atoms with Crippen LogP contribution >= 0.6 is 34.7 Å². The molecule has 0 unspecified atom stereocenters. The smallest absolute Gasteiger partial charge is 0.188 e. The van der Waals surface area contributed by atoms with Crippen LogP contribution in [-0.4, -0.2) is 9.97 Å². The van der Waals surface area contributed by atoms with Crippen LogP contribution in [0.15, 0.2) is 82.0 Å². The highest BCUT2D eigenvalue weighted by Gasteiger charge is 2.12. The van der Waals surface area contributed by atoms with Gasteiger partial charge in [0.05, 0.1) is 10.7 Å². The third kappa shape index (κ3) is 4.65. The van der Waals surface area contributed by atoms with Crippen LogP contribution < -0.4 is 10.1 Å². The molecule has 0 bridgehead atoms. The summed E-state index contributed by atoms with van der Waals surface area (Å²) in [6.45, 7) is 1.96. The van der Waals surface area contributed by atoms with E-state index in [2.05, 4.69) is 15.3 Å². The second-order valence-corrected chi connectivity index (χ2v) is 8.27. The van der Waals surface area contributed by atoms with E-state index in [4.69, 9.17) is 16.3 Å². The molecule has 4 rings (SSSR count). The molecule has 0 atom stereocenters. The second kappa shape index (κ2) is 8.65. The number of ether oxygens (including phenoxy) is 1. The predicted octanol–water partition coefficient (Wildman–Crippen LogP) is 7.19. The van der Waals surface area contributed by atoms with Gasteiger partial charge < -0.3 is 10.1 Å². The van der Waals surface area contributed by atoms with Crippen molar-refractivity contribution in [3.8, 4) is 11.5 Å². The summed E-state index contributed by atoms with van der Waals surface area (Å²) < 4.78 is 6.10. The maximum atomic E-state index is 6.29. The van der Waals surface area contributed by atoms with Crippen LogP contribution in [0.2, 0.25) is 5.02 Å². The zero-order chi connectivity index (χ0) is 19.3. The van der Waals surface area contributed by atoms with Crippen LogP contribution in [0.5, 0.6) is 11.5 Å². The van der Waals surface area contributed by atoms with Gasteiger partial charge in [-0.05, 0) is 31.2 Å². The topological polar surface area (TPSA) is 47.0 Å². The maximum absolute atomic E-state index is 6.29. The minimum atomic E-state index is 0.613. The van der Waals surface area contributed by atoms with E-state index >= 15 is 0 Å². The van der Waals surface area contributed by atoms with Gasteiger partial charge in [-0.25, -0.2) is 9.97 Å². The lowest BCUT2D eigenvalue weighted by Crippen LogP contribution is -1.97. The number of hydrogen-bond donors (Lipinski definition) is 1. The van der Waals surface area contributed by atoms with Crippen molar-refractivity contribution in [2.75, 3.05) is 5.32 Å². The lowest BCUT2D eigenvalue weighted by Gasteiger charge is -2.13. The molecule has 2 aromatic carbocycles. The fraction of sp³-hybridized carbons (Fsp3) is 0.0476. The quantitative estimate of drug-likeness (QED) is 0.354. The Morgan fingerprint density at radius 2 is 1.86 bits per heavy atom. The number of benzene rings is 2. The first-order chi connectivity index (χ1) is 13.7. The number of anilines is 2. The molecule has 0 saturated carbocycles. The van der Waals surface area contributed by atoms with Crippen LogP contribution in [-0.2, 0) is 0 Å². The van der Waals surface area contributed by atoms with E-state index in [9.17, 15) is 0 Å². The summed E-state index contributed by atoms with van der Waals surface area (Å²) in [5, 5.41) is 6.72. The highest BCUT2D eigenvalue weighted by molar-refractivity contribution is 7.99. The number of aromatic nitrogens is 2. The number of halogens is 1. The first-order valence-corrected chi connectivity index (χ1v) is 10.6. The van der Waals surface area contributed by atoms with Crippen molar-refractivity contribution in [1.29, 1.82) is 0 Å². The summed E-state index contributed by atoms with van der Waals surface area (Å²) in [5.74, 6) is 1.97. The summed E-state index contributed by atoms with van der Waals surface area (Å²) in [6.07, 6.45) is 1.80. The van der Waals surface area contributed by atoms with Gasteiger partial charge >= 0.3 is 0 Å². The number of rotatable bonds is 6. The van der Waals surface area contributed by atoms with Crippen LogP contribution in [0.3, 0.4) is 0 Å². The normalized spacial score (nSPS) is 10.6. The zero-order valence-corrected chi connectivity index (χ0v) is 17.3. The molecule has 7 heteroatoms. The van der Waals surface area contributed by atoms with Gasteiger partial charge in [0.15, 0.2) is 16.7 Å². The van der Waals surface area contributed by atoms with Gasteiger partial charge in [0.2, 0.25) is 0 Å². The number of nitrogens with one attached hydrogen (secondary N) is 1. The highest BCUT2D eigenvalue weighted by Crippen LogP contribution is 2.38. The largest absolute Gasteiger partial charge is 0.453 e. The number of hydrogen-bond acceptors (Lipinski definition) is 6. The summed E-state index contributed by atoms with van der Waals surface area (Å²) in [7, 11) is 0. The van der Waals surface area contributed by atoms with Crippen molar-refractivity contribution in [2.24, 2.45) is 0 Å². The number of pyridine rings is 1. The Hall–Kier alpha value is -2.54. The number of para-hydroxylation sites is 1. The molecular weight excluding hydrogens is 410 g/mol. The average molecular weight is 426 g/mol. The minimum absolute atomic E-state index is 0.613. The monoisotopic (exact) mass is 425 g/mol. The molecular formula is C21H16ClN3OS2. The molecule has 0 amide bonds. The molecule has 0 radical (unpaired) electrons. The van der Waals surface area contributed by atoms with Gasteiger partial charge in [-0.15, -0.1) is 11.3 Å². The molecule has 4 aromatic rings. The second-order valence-electron chi connectivity index (χ2n) is 5.88. The van der Waals surface area contributed by atoms with E-state index in [0.29, 0.717) is 16.6 Å². The van der Waals surface area contributed by atoms with Crippen molar-refractivity contribution in [3.63, 3.8) is 0 Å². The highest BCUT2D eigenvalue weighted by atomic mass is 35.5. The molecule has 28 heavy (non-hydrogen) atoms. The molecule has 0 aliphatic rings. The average Bonchev–Trinajstić information content (AvgIpc) is 3.11. The number of nitrogens with zero attached hydrogens (tertiary/aromatic N) is 2. The lowest BCUT2D eigenvalue weighted by molar-refractivity contribution is 0.481. The Balaban J connectivity index is 1.66. The third-order valence-electron chi connectivity index (χ3n) is 3.71. The molecule has 2 heterocycles. The zero-order valence-electron chi connectivity index (χ0n) is 14.9. The number of thiazole rings is 1. The molecule has 0 aliphatic carbocycles. The molecule has 0 fully saturated rings. The Morgan fingerprint density at radius 3 is 2.61 bits per heavy atom. The van der Waals surface area contributed by atoms with E-state index in [1.165, 1.54) is 11.3 Å². The van der Waals surface area contributed by atoms with Crippen molar-refractivity contribution in [1.82, 2.24) is 9.97 Å². The molecule has 1 N–H and O–H groups in total. The summed E-state index contributed by atoms with van der Waals surface area (Å²) in [5.41, 5.74) is 0.962. The predicted molar refractivity (Wildman–Crippen MR) is 116 cm³/mol. The first-order valence-electron chi connectivity index (χ1n) is 8.52. The molecule has 0 saturated heterocycles.